The second-order valence-corrected chi connectivity index (χ2v) is 6.32. The number of imidazole rings is 1. The van der Waals surface area contributed by atoms with Gasteiger partial charge in [-0.1, -0.05) is 12.1 Å². The highest BCUT2D eigenvalue weighted by Gasteiger charge is 2.17. The molecular weight excluding hydrogens is 331 g/mol. The summed E-state index contributed by atoms with van der Waals surface area (Å²) < 4.78 is 21.0. The van der Waals surface area contributed by atoms with Gasteiger partial charge in [0.05, 0.1) is 11.0 Å². The third kappa shape index (κ3) is 2.92. The van der Waals surface area contributed by atoms with Crippen molar-refractivity contribution < 1.29 is 13.6 Å². The summed E-state index contributed by atoms with van der Waals surface area (Å²) in [4.78, 5) is 16.5. The Labute approximate surface area is 149 Å². The molecule has 0 aliphatic rings. The van der Waals surface area contributed by atoms with Gasteiger partial charge in [0.25, 0.3) is 0 Å². The molecule has 0 N–H and O–H groups in total. The number of halogens is 1. The minimum atomic E-state index is -0.273. The van der Waals surface area contributed by atoms with Crippen LogP contribution in [-0.4, -0.2) is 15.3 Å². The molecule has 0 fully saturated rings. The molecule has 2 heterocycles. The predicted molar refractivity (Wildman–Crippen MR) is 97.7 cm³/mol. The van der Waals surface area contributed by atoms with Crippen molar-refractivity contribution in [1.29, 1.82) is 0 Å². The number of fused-ring (bicyclic) bond motifs is 1. The molecule has 0 amide bonds. The van der Waals surface area contributed by atoms with E-state index in [-0.39, 0.29) is 11.6 Å². The summed E-state index contributed by atoms with van der Waals surface area (Å²) >= 11 is 0. The van der Waals surface area contributed by atoms with Crippen LogP contribution in [0.5, 0.6) is 0 Å². The zero-order valence-corrected chi connectivity index (χ0v) is 14.5. The first-order chi connectivity index (χ1) is 12.5. The number of hydrogen-bond acceptors (Lipinski definition) is 3. The molecule has 4 nitrogen and oxygen atoms in total. The quantitative estimate of drug-likeness (QED) is 0.488. The van der Waals surface area contributed by atoms with E-state index in [4.69, 9.17) is 9.40 Å². The molecule has 0 unspecified atom stereocenters. The molecule has 0 spiro atoms. The second kappa shape index (κ2) is 6.26. The lowest BCUT2D eigenvalue weighted by molar-refractivity contribution is 0.101. The molecule has 2 aromatic heterocycles. The van der Waals surface area contributed by atoms with Crippen LogP contribution in [0.25, 0.3) is 22.6 Å². The standard InChI is InChI=1S/C21H17FN2O2/c1-13-3-10-20(26-13)21-23-18-9-6-16(14(2)25)11-19(18)24(21)12-15-4-7-17(22)8-5-15/h3-11H,12H2,1-2H3. The van der Waals surface area contributed by atoms with Crippen molar-refractivity contribution in [2.75, 3.05) is 0 Å². The molecule has 4 rings (SSSR count). The van der Waals surface area contributed by atoms with E-state index < -0.39 is 0 Å². The Morgan fingerprint density at radius 1 is 1.12 bits per heavy atom. The number of carbonyl (C=O) groups excluding carboxylic acids is 1. The number of aryl methyl sites for hydroxylation is 1. The van der Waals surface area contributed by atoms with Crippen LogP contribution in [0.2, 0.25) is 0 Å². The van der Waals surface area contributed by atoms with Gasteiger partial charge < -0.3 is 8.98 Å². The maximum Gasteiger partial charge on any atom is 0.177 e. The van der Waals surface area contributed by atoms with Crippen molar-refractivity contribution >= 4 is 16.8 Å². The Morgan fingerprint density at radius 2 is 1.88 bits per heavy atom. The SMILES string of the molecule is CC(=O)c1ccc2nc(-c3ccc(C)o3)n(Cc3ccc(F)cc3)c2c1. The van der Waals surface area contributed by atoms with Crippen LogP contribution in [0.4, 0.5) is 4.39 Å². The van der Waals surface area contributed by atoms with E-state index in [2.05, 4.69) is 0 Å². The topological polar surface area (TPSA) is 48.0 Å². The molecule has 0 aliphatic carbocycles. The summed E-state index contributed by atoms with van der Waals surface area (Å²) in [5, 5.41) is 0. The fourth-order valence-corrected chi connectivity index (χ4v) is 3.02. The third-order valence-corrected chi connectivity index (χ3v) is 4.37. The van der Waals surface area contributed by atoms with Crippen LogP contribution in [-0.2, 0) is 6.54 Å². The van der Waals surface area contributed by atoms with Gasteiger partial charge in [-0.3, -0.25) is 4.79 Å². The number of hydrogen-bond donors (Lipinski definition) is 0. The number of rotatable bonds is 4. The molecule has 0 saturated carbocycles. The summed E-state index contributed by atoms with van der Waals surface area (Å²) in [5.74, 6) is 1.86. The first-order valence-electron chi connectivity index (χ1n) is 8.34. The van der Waals surface area contributed by atoms with Crippen molar-refractivity contribution in [3.63, 3.8) is 0 Å². The van der Waals surface area contributed by atoms with Gasteiger partial charge in [-0.2, -0.15) is 0 Å². The van der Waals surface area contributed by atoms with Crippen molar-refractivity contribution in [1.82, 2.24) is 9.55 Å². The molecular formula is C21H17FN2O2. The van der Waals surface area contributed by atoms with Gasteiger partial charge in [-0.05, 0) is 61.9 Å². The minimum absolute atomic E-state index is 0.00294. The summed E-state index contributed by atoms with van der Waals surface area (Å²) in [7, 11) is 0. The lowest BCUT2D eigenvalue weighted by Crippen LogP contribution is -2.02. The van der Waals surface area contributed by atoms with Crippen LogP contribution in [0.1, 0.15) is 28.6 Å². The Bertz CT molecular complexity index is 1110. The number of nitrogens with zero attached hydrogens (tertiary/aromatic N) is 2. The summed E-state index contributed by atoms with van der Waals surface area (Å²) in [6, 6.07) is 15.6. The summed E-state index contributed by atoms with van der Waals surface area (Å²) in [5.41, 5.74) is 3.18. The first kappa shape index (κ1) is 16.3. The largest absolute Gasteiger partial charge is 0.458 e. The zero-order valence-electron chi connectivity index (χ0n) is 14.5. The van der Waals surface area contributed by atoms with E-state index in [1.807, 2.05) is 35.8 Å². The van der Waals surface area contributed by atoms with Gasteiger partial charge in [-0.25, -0.2) is 9.37 Å². The fourth-order valence-electron chi connectivity index (χ4n) is 3.02. The van der Waals surface area contributed by atoms with E-state index >= 15 is 0 Å². The predicted octanol–water partition coefficient (Wildman–Crippen LogP) is 4.99. The Balaban J connectivity index is 1.91. The molecule has 4 aromatic rings. The smallest absolute Gasteiger partial charge is 0.177 e. The van der Waals surface area contributed by atoms with Crippen molar-refractivity contribution in [2.24, 2.45) is 0 Å². The number of Topliss-reactive ketones (excluding diaryl/α,β-unsaturated/α-hetero) is 1. The molecule has 0 bridgehead atoms. The van der Waals surface area contributed by atoms with Gasteiger partial charge >= 0.3 is 0 Å². The van der Waals surface area contributed by atoms with E-state index in [0.717, 1.165) is 22.4 Å². The highest BCUT2D eigenvalue weighted by Crippen LogP contribution is 2.28. The van der Waals surface area contributed by atoms with Gasteiger partial charge in [-0.15, -0.1) is 0 Å². The molecule has 2 aromatic carbocycles. The van der Waals surface area contributed by atoms with Crippen LogP contribution >= 0.6 is 0 Å². The van der Waals surface area contributed by atoms with Crippen LogP contribution < -0.4 is 0 Å². The number of carbonyl (C=O) groups is 1. The molecule has 0 atom stereocenters. The third-order valence-electron chi connectivity index (χ3n) is 4.37. The lowest BCUT2D eigenvalue weighted by Gasteiger charge is -2.09. The van der Waals surface area contributed by atoms with E-state index in [0.29, 0.717) is 23.7 Å². The summed E-state index contributed by atoms with van der Waals surface area (Å²) in [6.07, 6.45) is 0. The van der Waals surface area contributed by atoms with E-state index in [1.54, 1.807) is 25.1 Å². The van der Waals surface area contributed by atoms with Gasteiger partial charge in [0.15, 0.2) is 17.4 Å². The van der Waals surface area contributed by atoms with E-state index in [1.165, 1.54) is 12.1 Å². The molecule has 0 aliphatic heterocycles. The fraction of sp³-hybridized carbons (Fsp3) is 0.143. The van der Waals surface area contributed by atoms with Gasteiger partial charge in [0.1, 0.15) is 11.6 Å². The molecule has 130 valence electrons. The minimum Gasteiger partial charge on any atom is -0.458 e. The zero-order chi connectivity index (χ0) is 18.3. The second-order valence-electron chi connectivity index (χ2n) is 6.32. The summed E-state index contributed by atoms with van der Waals surface area (Å²) in [6.45, 7) is 3.91. The molecule has 5 heteroatoms. The maximum atomic E-state index is 13.2. The highest BCUT2D eigenvalue weighted by atomic mass is 19.1. The van der Waals surface area contributed by atoms with Crippen molar-refractivity contribution in [3.8, 4) is 11.6 Å². The molecule has 26 heavy (non-hydrogen) atoms. The van der Waals surface area contributed by atoms with E-state index in [9.17, 15) is 9.18 Å². The normalized spacial score (nSPS) is 11.2. The Hall–Kier alpha value is -3.21. The van der Waals surface area contributed by atoms with Crippen LogP contribution in [0.3, 0.4) is 0 Å². The number of aromatic nitrogens is 2. The van der Waals surface area contributed by atoms with Gasteiger partial charge in [0.2, 0.25) is 0 Å². The Kier molecular flexibility index (Phi) is 3.92. The van der Waals surface area contributed by atoms with Crippen LogP contribution in [0, 0.1) is 12.7 Å². The average molecular weight is 348 g/mol. The molecule has 0 radical (unpaired) electrons. The average Bonchev–Trinajstić information content (AvgIpc) is 3.20. The van der Waals surface area contributed by atoms with Crippen LogP contribution in [0.15, 0.2) is 59.0 Å². The monoisotopic (exact) mass is 348 g/mol. The number of benzene rings is 2. The van der Waals surface area contributed by atoms with Gasteiger partial charge in [0, 0.05) is 12.1 Å². The maximum absolute atomic E-state index is 13.2. The van der Waals surface area contributed by atoms with Crippen molar-refractivity contribution in [2.45, 2.75) is 20.4 Å². The molecule has 0 saturated heterocycles. The number of ketones is 1. The highest BCUT2D eigenvalue weighted by molar-refractivity contribution is 5.97. The van der Waals surface area contributed by atoms with Crippen molar-refractivity contribution in [3.05, 3.63) is 77.3 Å². The lowest BCUT2D eigenvalue weighted by atomic mass is 10.1. The first-order valence-corrected chi connectivity index (χ1v) is 8.34. The Morgan fingerprint density at radius 3 is 2.54 bits per heavy atom. The number of furan rings is 1.